The van der Waals surface area contributed by atoms with Gasteiger partial charge in [0.15, 0.2) is 5.58 Å². The Balaban J connectivity index is 1.44. The van der Waals surface area contributed by atoms with Gasteiger partial charge in [0.1, 0.15) is 11.5 Å². The second-order valence-corrected chi connectivity index (χ2v) is 9.73. The summed E-state index contributed by atoms with van der Waals surface area (Å²) in [5.74, 6) is 0.00254. The van der Waals surface area contributed by atoms with Gasteiger partial charge in [-0.15, -0.1) is 0 Å². The van der Waals surface area contributed by atoms with E-state index in [9.17, 15) is 18.0 Å². The molecule has 0 saturated carbocycles. The maximum atomic E-state index is 13.1. The van der Waals surface area contributed by atoms with Gasteiger partial charge in [-0.2, -0.15) is 4.31 Å². The molecule has 1 amide bonds. The van der Waals surface area contributed by atoms with Crippen molar-refractivity contribution in [1.82, 2.24) is 8.87 Å². The van der Waals surface area contributed by atoms with Crippen molar-refractivity contribution in [2.45, 2.75) is 17.7 Å². The Hall–Kier alpha value is -3.31. The molecule has 3 aromatic rings. The minimum atomic E-state index is -3.79. The van der Waals surface area contributed by atoms with E-state index in [1.807, 2.05) is 0 Å². The average molecular weight is 476 g/mol. The van der Waals surface area contributed by atoms with Crippen LogP contribution in [0, 0.1) is 5.92 Å². The molecule has 1 N–H and O–H groups in total. The largest absolute Gasteiger partial charge is 0.497 e. The molecule has 2 heterocycles. The Kier molecular flexibility index (Phi) is 6.17. The zero-order valence-electron chi connectivity index (χ0n) is 18.5. The number of ether oxygens (including phenoxy) is 2. The summed E-state index contributed by atoms with van der Waals surface area (Å²) in [6, 6.07) is 9.47. The fourth-order valence-corrected chi connectivity index (χ4v) is 5.40. The Morgan fingerprint density at radius 3 is 2.48 bits per heavy atom. The first-order valence-corrected chi connectivity index (χ1v) is 11.8. The number of piperidine rings is 1. The minimum Gasteiger partial charge on any atom is -0.497 e. The van der Waals surface area contributed by atoms with Crippen LogP contribution in [0.25, 0.3) is 11.1 Å². The highest BCUT2D eigenvalue weighted by Crippen LogP contribution is 2.31. The quantitative estimate of drug-likeness (QED) is 0.580. The number of fused-ring (bicyclic) bond motifs is 1. The topological polar surface area (TPSA) is 120 Å². The average Bonchev–Trinajstić information content (AvgIpc) is 3.12. The molecule has 0 spiro atoms. The molecule has 2 aromatic carbocycles. The lowest BCUT2D eigenvalue weighted by molar-refractivity contribution is -0.120. The first kappa shape index (κ1) is 22.9. The van der Waals surface area contributed by atoms with Gasteiger partial charge in [0.05, 0.1) is 30.3 Å². The molecule has 176 valence electrons. The van der Waals surface area contributed by atoms with Gasteiger partial charge in [0, 0.05) is 38.2 Å². The van der Waals surface area contributed by atoms with Gasteiger partial charge < -0.3 is 19.2 Å². The molecule has 4 rings (SSSR count). The number of anilines is 1. The van der Waals surface area contributed by atoms with Crippen LogP contribution >= 0.6 is 0 Å². The van der Waals surface area contributed by atoms with Crippen LogP contribution < -0.4 is 20.5 Å². The normalized spacial score (nSPS) is 15.5. The lowest BCUT2D eigenvalue weighted by Crippen LogP contribution is -2.41. The number of carbonyl (C=O) groups excluding carboxylic acids is 1. The van der Waals surface area contributed by atoms with Crippen LogP contribution in [0.15, 0.2) is 50.5 Å². The number of rotatable bonds is 6. The molecule has 1 aromatic heterocycles. The van der Waals surface area contributed by atoms with Crippen LogP contribution in [-0.2, 0) is 21.9 Å². The third kappa shape index (κ3) is 4.33. The summed E-state index contributed by atoms with van der Waals surface area (Å²) >= 11 is 0. The summed E-state index contributed by atoms with van der Waals surface area (Å²) in [5, 5.41) is 2.86. The van der Waals surface area contributed by atoms with Crippen LogP contribution in [0.4, 0.5) is 5.69 Å². The zero-order chi connectivity index (χ0) is 23.8. The van der Waals surface area contributed by atoms with E-state index in [2.05, 4.69) is 5.32 Å². The number of benzene rings is 2. The number of nitrogens with one attached hydrogen (secondary N) is 1. The summed E-state index contributed by atoms with van der Waals surface area (Å²) in [4.78, 5) is 24.5. The Morgan fingerprint density at radius 1 is 1.09 bits per heavy atom. The summed E-state index contributed by atoms with van der Waals surface area (Å²) in [6.45, 7) is 0.411. The summed E-state index contributed by atoms with van der Waals surface area (Å²) < 4.78 is 44.5. The molecule has 1 aliphatic heterocycles. The number of aryl methyl sites for hydroxylation is 1. The molecule has 0 atom stereocenters. The van der Waals surface area contributed by atoms with Crippen LogP contribution in [-0.4, -0.2) is 50.5 Å². The monoisotopic (exact) mass is 475 g/mol. The van der Waals surface area contributed by atoms with Crippen molar-refractivity contribution < 1.29 is 27.1 Å². The summed E-state index contributed by atoms with van der Waals surface area (Å²) in [6.07, 6.45) is 0.762. The summed E-state index contributed by atoms with van der Waals surface area (Å²) in [5.41, 5.74) is 1.26. The van der Waals surface area contributed by atoms with Crippen LogP contribution in [0.1, 0.15) is 12.8 Å². The second-order valence-electron chi connectivity index (χ2n) is 7.79. The molecule has 1 saturated heterocycles. The molecule has 11 heteroatoms. The van der Waals surface area contributed by atoms with E-state index >= 15 is 0 Å². The van der Waals surface area contributed by atoms with Gasteiger partial charge in [-0.25, -0.2) is 13.2 Å². The first-order chi connectivity index (χ1) is 15.7. The van der Waals surface area contributed by atoms with Crippen LogP contribution in [0.5, 0.6) is 11.5 Å². The van der Waals surface area contributed by atoms with Crippen LogP contribution in [0.3, 0.4) is 0 Å². The van der Waals surface area contributed by atoms with Crippen molar-refractivity contribution in [3.8, 4) is 11.5 Å². The number of carbonyl (C=O) groups is 1. The predicted octanol–water partition coefficient (Wildman–Crippen LogP) is 2.19. The van der Waals surface area contributed by atoms with Gasteiger partial charge in [0.25, 0.3) is 0 Å². The van der Waals surface area contributed by atoms with Crippen LogP contribution in [0.2, 0.25) is 0 Å². The fraction of sp³-hybridized carbons (Fsp3) is 0.364. The van der Waals surface area contributed by atoms with Gasteiger partial charge >= 0.3 is 5.76 Å². The Morgan fingerprint density at radius 2 is 1.82 bits per heavy atom. The molecule has 10 nitrogen and oxygen atoms in total. The number of hydrogen-bond acceptors (Lipinski definition) is 7. The highest BCUT2D eigenvalue weighted by molar-refractivity contribution is 7.89. The van der Waals surface area contributed by atoms with E-state index in [1.54, 1.807) is 38.4 Å². The number of nitrogens with zero attached hydrogens (tertiary/aromatic N) is 2. The lowest BCUT2D eigenvalue weighted by atomic mass is 9.97. The van der Waals surface area contributed by atoms with Crippen molar-refractivity contribution in [2.75, 3.05) is 32.6 Å². The number of sulfonamides is 1. The van der Waals surface area contributed by atoms with E-state index in [0.29, 0.717) is 35.5 Å². The highest BCUT2D eigenvalue weighted by Gasteiger charge is 2.32. The van der Waals surface area contributed by atoms with E-state index in [4.69, 9.17) is 13.9 Å². The molecule has 0 radical (unpaired) electrons. The molecule has 1 aliphatic rings. The zero-order valence-corrected chi connectivity index (χ0v) is 19.3. The Labute approximate surface area is 190 Å². The van der Waals surface area contributed by atoms with Gasteiger partial charge in [-0.1, -0.05) is 0 Å². The lowest BCUT2D eigenvalue weighted by Gasteiger charge is -2.30. The minimum absolute atomic E-state index is 0.0511. The van der Waals surface area contributed by atoms with Crippen molar-refractivity contribution in [1.29, 1.82) is 0 Å². The molecule has 0 aliphatic carbocycles. The Bertz CT molecular complexity index is 1350. The standard InChI is InChI=1S/C22H25N3O7S/c1-24-18-7-5-16(13-20(18)32-22(24)27)33(28,29)25-10-8-14(9-11-25)21(26)23-17-6-4-15(30-2)12-19(17)31-3/h4-7,12-14H,8-11H2,1-3H3,(H,23,26). The van der Waals surface area contributed by atoms with Gasteiger partial charge in [0.2, 0.25) is 15.9 Å². The highest BCUT2D eigenvalue weighted by atomic mass is 32.2. The van der Waals surface area contributed by atoms with Gasteiger partial charge in [-0.05, 0) is 37.1 Å². The number of oxazole rings is 1. The molecular formula is C22H25N3O7S. The van der Waals surface area contributed by atoms with E-state index < -0.39 is 15.8 Å². The SMILES string of the molecule is COc1ccc(NC(=O)C2CCN(S(=O)(=O)c3ccc4c(c3)oc(=O)n4C)CC2)c(OC)c1. The number of amides is 1. The third-order valence-corrected chi connectivity index (χ3v) is 7.79. The number of aromatic nitrogens is 1. The first-order valence-electron chi connectivity index (χ1n) is 10.4. The molecule has 1 fully saturated rings. The van der Waals surface area contributed by atoms with Crippen molar-refractivity contribution in [2.24, 2.45) is 13.0 Å². The van der Waals surface area contributed by atoms with Crippen molar-refractivity contribution in [3.05, 3.63) is 46.9 Å². The summed E-state index contributed by atoms with van der Waals surface area (Å²) in [7, 11) is 0.818. The maximum Gasteiger partial charge on any atom is 0.419 e. The number of hydrogen-bond donors (Lipinski definition) is 1. The van der Waals surface area contributed by atoms with Crippen molar-refractivity contribution >= 4 is 32.7 Å². The van der Waals surface area contributed by atoms with Gasteiger partial charge in [-0.3, -0.25) is 9.36 Å². The number of methoxy groups -OCH3 is 2. The molecule has 33 heavy (non-hydrogen) atoms. The van der Waals surface area contributed by atoms with Crippen molar-refractivity contribution in [3.63, 3.8) is 0 Å². The second kappa shape index (κ2) is 8.91. The van der Waals surface area contributed by atoms with E-state index in [-0.39, 0.29) is 35.4 Å². The van der Waals surface area contributed by atoms with E-state index in [1.165, 1.54) is 28.1 Å². The molecule has 0 bridgehead atoms. The fourth-order valence-electron chi connectivity index (χ4n) is 3.92. The predicted molar refractivity (Wildman–Crippen MR) is 121 cm³/mol. The van der Waals surface area contributed by atoms with E-state index in [0.717, 1.165) is 0 Å². The smallest absolute Gasteiger partial charge is 0.419 e. The molecule has 0 unspecified atom stereocenters. The maximum absolute atomic E-state index is 13.1. The third-order valence-electron chi connectivity index (χ3n) is 5.89. The molecular weight excluding hydrogens is 450 g/mol.